The van der Waals surface area contributed by atoms with E-state index in [9.17, 15) is 4.79 Å². The first-order valence-electron chi connectivity index (χ1n) is 9.82. The molecular formula is C23H23ClN4O. The number of rotatable bonds is 5. The van der Waals surface area contributed by atoms with E-state index in [1.807, 2.05) is 54.6 Å². The molecule has 2 atom stereocenters. The number of nitrogens with zero attached hydrogens (tertiary/aromatic N) is 3. The van der Waals surface area contributed by atoms with E-state index in [1.165, 1.54) is 0 Å². The zero-order chi connectivity index (χ0) is 20.1. The monoisotopic (exact) mass is 406 g/mol. The zero-order valence-electron chi connectivity index (χ0n) is 16.0. The summed E-state index contributed by atoms with van der Waals surface area (Å²) in [4.78, 5) is 23.9. The molecule has 1 aromatic heterocycles. The number of benzene rings is 2. The Labute approximate surface area is 175 Å². The lowest BCUT2D eigenvalue weighted by molar-refractivity contribution is -0.125. The molecule has 2 heterocycles. The van der Waals surface area contributed by atoms with Crippen molar-refractivity contribution < 1.29 is 4.79 Å². The Morgan fingerprint density at radius 2 is 1.83 bits per heavy atom. The van der Waals surface area contributed by atoms with Gasteiger partial charge in [0.15, 0.2) is 0 Å². The first-order chi connectivity index (χ1) is 14.2. The van der Waals surface area contributed by atoms with Crippen LogP contribution in [0.2, 0.25) is 5.02 Å². The van der Waals surface area contributed by atoms with Crippen LogP contribution in [-0.2, 0) is 4.79 Å². The van der Waals surface area contributed by atoms with Crippen molar-refractivity contribution in [1.82, 2.24) is 15.3 Å². The number of anilines is 1. The van der Waals surface area contributed by atoms with Gasteiger partial charge in [-0.05, 0) is 36.1 Å². The van der Waals surface area contributed by atoms with Gasteiger partial charge >= 0.3 is 0 Å². The minimum absolute atomic E-state index is 0.0578. The van der Waals surface area contributed by atoms with Crippen LogP contribution in [0.25, 0.3) is 0 Å². The summed E-state index contributed by atoms with van der Waals surface area (Å²) in [7, 11) is 0. The van der Waals surface area contributed by atoms with Gasteiger partial charge in [-0.25, -0.2) is 4.98 Å². The van der Waals surface area contributed by atoms with Crippen molar-refractivity contribution in [1.29, 1.82) is 0 Å². The van der Waals surface area contributed by atoms with Gasteiger partial charge in [0, 0.05) is 30.5 Å². The van der Waals surface area contributed by atoms with Crippen molar-refractivity contribution in [3.63, 3.8) is 0 Å². The number of amides is 1. The van der Waals surface area contributed by atoms with Crippen LogP contribution in [0.15, 0.2) is 73.2 Å². The quantitative estimate of drug-likeness (QED) is 0.688. The molecule has 148 valence electrons. The molecule has 2 aromatic carbocycles. The molecular weight excluding hydrogens is 384 g/mol. The Morgan fingerprint density at radius 1 is 1.07 bits per heavy atom. The number of hydrogen-bond donors (Lipinski definition) is 1. The number of aromatic nitrogens is 2. The maximum Gasteiger partial charge on any atom is 0.225 e. The molecule has 0 unspecified atom stereocenters. The van der Waals surface area contributed by atoms with Crippen LogP contribution in [0.3, 0.4) is 0 Å². The molecule has 1 fully saturated rings. The van der Waals surface area contributed by atoms with E-state index in [1.54, 1.807) is 18.6 Å². The Bertz CT molecular complexity index is 934. The van der Waals surface area contributed by atoms with Crippen LogP contribution in [0, 0.1) is 5.92 Å². The van der Waals surface area contributed by atoms with Crippen LogP contribution in [0.5, 0.6) is 0 Å². The number of nitrogens with one attached hydrogen (secondary N) is 1. The predicted octanol–water partition coefficient (Wildman–Crippen LogP) is 4.25. The van der Waals surface area contributed by atoms with Crippen molar-refractivity contribution in [2.75, 3.05) is 18.0 Å². The number of hydrogen-bond acceptors (Lipinski definition) is 4. The topological polar surface area (TPSA) is 58.1 Å². The normalized spacial score (nSPS) is 17.6. The number of carbonyl (C=O) groups is 1. The lowest BCUT2D eigenvalue weighted by Gasteiger charge is -2.33. The fraction of sp³-hybridized carbons (Fsp3) is 0.261. The molecule has 3 aromatic rings. The van der Waals surface area contributed by atoms with Crippen molar-refractivity contribution in [3.8, 4) is 0 Å². The van der Waals surface area contributed by atoms with Crippen molar-refractivity contribution in [2.45, 2.75) is 18.9 Å². The smallest absolute Gasteiger partial charge is 0.225 e. The largest absolute Gasteiger partial charge is 0.355 e. The molecule has 1 N–H and O–H groups in total. The molecule has 1 aliphatic rings. The molecule has 0 aliphatic carbocycles. The molecule has 1 saturated heterocycles. The predicted molar refractivity (Wildman–Crippen MR) is 115 cm³/mol. The van der Waals surface area contributed by atoms with Gasteiger partial charge in [-0.1, -0.05) is 54.1 Å². The van der Waals surface area contributed by atoms with E-state index >= 15 is 0 Å². The summed E-state index contributed by atoms with van der Waals surface area (Å²) < 4.78 is 0. The van der Waals surface area contributed by atoms with E-state index in [0.29, 0.717) is 11.6 Å². The second-order valence-corrected chi connectivity index (χ2v) is 7.69. The van der Waals surface area contributed by atoms with Gasteiger partial charge in [-0.2, -0.15) is 0 Å². The molecule has 1 amide bonds. The lowest BCUT2D eigenvalue weighted by Crippen LogP contribution is -2.44. The molecule has 29 heavy (non-hydrogen) atoms. The van der Waals surface area contributed by atoms with E-state index in [4.69, 9.17) is 11.6 Å². The van der Waals surface area contributed by atoms with Gasteiger partial charge < -0.3 is 10.2 Å². The van der Waals surface area contributed by atoms with E-state index in [0.717, 1.165) is 36.3 Å². The lowest BCUT2D eigenvalue weighted by atomic mass is 9.94. The van der Waals surface area contributed by atoms with Crippen LogP contribution in [0.4, 0.5) is 5.82 Å². The summed E-state index contributed by atoms with van der Waals surface area (Å²) in [6.45, 7) is 1.54. The molecule has 0 saturated carbocycles. The van der Waals surface area contributed by atoms with E-state index < -0.39 is 0 Å². The van der Waals surface area contributed by atoms with Gasteiger partial charge in [-0.3, -0.25) is 9.78 Å². The minimum Gasteiger partial charge on any atom is -0.355 e. The molecule has 6 heteroatoms. The summed E-state index contributed by atoms with van der Waals surface area (Å²) in [6, 6.07) is 17.4. The first kappa shape index (κ1) is 19.4. The average Bonchev–Trinajstić information content (AvgIpc) is 2.79. The third kappa shape index (κ3) is 4.74. The number of carbonyl (C=O) groups excluding carboxylic acids is 1. The fourth-order valence-electron chi connectivity index (χ4n) is 3.77. The van der Waals surface area contributed by atoms with Crippen molar-refractivity contribution in [2.24, 2.45) is 5.92 Å². The maximum atomic E-state index is 13.2. The van der Waals surface area contributed by atoms with Crippen LogP contribution in [0.1, 0.15) is 30.0 Å². The molecule has 4 rings (SSSR count). The highest BCUT2D eigenvalue weighted by molar-refractivity contribution is 6.30. The average molecular weight is 407 g/mol. The highest BCUT2D eigenvalue weighted by Crippen LogP contribution is 2.26. The molecule has 0 spiro atoms. The highest BCUT2D eigenvalue weighted by atomic mass is 35.5. The SMILES string of the molecule is O=C(N[C@H](c1ccccc1)c1ccc(Cl)cc1)[C@@H]1CCCN(c2cnccn2)C1. The second-order valence-electron chi connectivity index (χ2n) is 7.25. The van der Waals surface area contributed by atoms with Gasteiger partial charge in [0.05, 0.1) is 18.2 Å². The first-order valence-corrected chi connectivity index (χ1v) is 10.2. The fourth-order valence-corrected chi connectivity index (χ4v) is 3.90. The van der Waals surface area contributed by atoms with Gasteiger partial charge in [0.1, 0.15) is 5.82 Å². The Kier molecular flexibility index (Phi) is 6.06. The Balaban J connectivity index is 1.52. The standard InChI is InChI=1S/C23H23ClN4O/c24-20-10-8-18(9-11-20)22(17-5-2-1-3-6-17)27-23(29)19-7-4-14-28(16-19)21-15-25-12-13-26-21/h1-3,5-6,8-13,15,19,22H,4,7,14,16H2,(H,27,29)/t19-,22-/m1/s1. The van der Waals surface area contributed by atoms with E-state index in [-0.39, 0.29) is 17.9 Å². The Hall–Kier alpha value is -2.92. The number of piperidine rings is 1. The summed E-state index contributed by atoms with van der Waals surface area (Å²) >= 11 is 6.06. The van der Waals surface area contributed by atoms with Gasteiger partial charge in [0.2, 0.25) is 5.91 Å². The van der Waals surface area contributed by atoms with E-state index in [2.05, 4.69) is 20.2 Å². The van der Waals surface area contributed by atoms with Crippen LogP contribution in [-0.4, -0.2) is 29.0 Å². The maximum absolute atomic E-state index is 13.2. The molecule has 1 aliphatic heterocycles. The molecule has 0 radical (unpaired) electrons. The summed E-state index contributed by atoms with van der Waals surface area (Å²) in [6.07, 6.45) is 6.91. The zero-order valence-corrected chi connectivity index (χ0v) is 16.8. The highest BCUT2D eigenvalue weighted by Gasteiger charge is 2.28. The minimum atomic E-state index is -0.215. The van der Waals surface area contributed by atoms with Gasteiger partial charge in [-0.15, -0.1) is 0 Å². The van der Waals surface area contributed by atoms with Crippen molar-refractivity contribution in [3.05, 3.63) is 89.3 Å². The second kappa shape index (κ2) is 9.05. The number of halogens is 1. The van der Waals surface area contributed by atoms with Crippen LogP contribution < -0.4 is 10.2 Å². The third-order valence-electron chi connectivity index (χ3n) is 5.29. The van der Waals surface area contributed by atoms with Gasteiger partial charge in [0.25, 0.3) is 0 Å². The van der Waals surface area contributed by atoms with Crippen molar-refractivity contribution >= 4 is 23.3 Å². The Morgan fingerprint density at radius 3 is 2.55 bits per heavy atom. The molecule has 5 nitrogen and oxygen atoms in total. The molecule has 0 bridgehead atoms. The van der Waals surface area contributed by atoms with Crippen LogP contribution >= 0.6 is 11.6 Å². The summed E-state index contributed by atoms with van der Waals surface area (Å²) in [5, 5.41) is 3.95. The third-order valence-corrected chi connectivity index (χ3v) is 5.54. The summed E-state index contributed by atoms with van der Waals surface area (Å²) in [5.41, 5.74) is 2.06. The summed E-state index contributed by atoms with van der Waals surface area (Å²) in [5.74, 6) is 0.786.